The van der Waals surface area contributed by atoms with E-state index in [1.807, 2.05) is 14.1 Å². The molecule has 0 saturated heterocycles. The smallest absolute Gasteiger partial charge is 0.156 e. The van der Waals surface area contributed by atoms with Gasteiger partial charge >= 0.3 is 0 Å². The van der Waals surface area contributed by atoms with E-state index in [0.29, 0.717) is 31.4 Å². The number of ketones is 1. The molecule has 4 nitrogen and oxygen atoms in total. The molecule has 0 radical (unpaired) electrons. The second-order valence-electron chi connectivity index (χ2n) is 11.7. The molecule has 0 aromatic heterocycles. The van der Waals surface area contributed by atoms with E-state index in [1.165, 1.54) is 22.8 Å². The van der Waals surface area contributed by atoms with Crippen LogP contribution in [0.25, 0.3) is 0 Å². The van der Waals surface area contributed by atoms with Crippen LogP contribution in [0.5, 0.6) is 0 Å². The number of anilines is 1. The minimum Gasteiger partial charge on any atom is -0.378 e. The first-order valence-electron chi connectivity index (χ1n) is 13.6. The maximum absolute atomic E-state index is 14.4. The second-order valence-corrected chi connectivity index (χ2v) is 11.7. The van der Waals surface area contributed by atoms with Crippen molar-refractivity contribution in [1.82, 2.24) is 0 Å². The van der Waals surface area contributed by atoms with Gasteiger partial charge in [-0.05, 0) is 84.2 Å². The van der Waals surface area contributed by atoms with Crippen LogP contribution >= 0.6 is 0 Å². The third kappa shape index (κ3) is 3.94. The summed E-state index contributed by atoms with van der Waals surface area (Å²) in [6.07, 6.45) is 4.91. The number of aliphatic hydroxyl groups is 1. The molecule has 6 rings (SSSR count). The van der Waals surface area contributed by atoms with Gasteiger partial charge in [0.15, 0.2) is 5.78 Å². The molecule has 5 atom stereocenters. The summed E-state index contributed by atoms with van der Waals surface area (Å²) in [5.74, 6) is 6.02. The number of hydrogen-bond donors (Lipinski definition) is 1. The standard InChI is InChI=1S/C33H34FNO3/c1-32-19-27(21-8-10-24(11-9-21)35(2)3)30-26-13-12-25(36)18-23(26)20-38-31(30)28(32)15-17-33(32,37)16-14-22-6-4-5-7-29(22)34/h4-11,18,27-28,31,37H,12-13,15,17,19-20H2,1-3H3/t27-,28+,31+,32+,33+/m1/s1. The van der Waals surface area contributed by atoms with Gasteiger partial charge < -0.3 is 14.7 Å². The molecule has 1 N–H and O–H groups in total. The average molecular weight is 512 g/mol. The summed E-state index contributed by atoms with van der Waals surface area (Å²) in [6.45, 7) is 2.57. The van der Waals surface area contributed by atoms with Crippen molar-refractivity contribution >= 4 is 11.5 Å². The predicted molar refractivity (Wildman–Crippen MR) is 146 cm³/mol. The van der Waals surface area contributed by atoms with Gasteiger partial charge in [0.1, 0.15) is 11.4 Å². The van der Waals surface area contributed by atoms with Crippen molar-refractivity contribution in [2.24, 2.45) is 11.3 Å². The van der Waals surface area contributed by atoms with Gasteiger partial charge in [0.25, 0.3) is 0 Å². The number of hydrogen-bond acceptors (Lipinski definition) is 4. The zero-order valence-electron chi connectivity index (χ0n) is 22.3. The summed E-state index contributed by atoms with van der Waals surface area (Å²) in [4.78, 5) is 14.3. The third-order valence-electron chi connectivity index (χ3n) is 9.46. The molecule has 3 aliphatic carbocycles. The minimum absolute atomic E-state index is 0.0317. The van der Waals surface area contributed by atoms with E-state index in [1.54, 1.807) is 24.3 Å². The SMILES string of the molecule is CN(C)c1ccc([C@H]2C[C@@]3(C)[C@@H](CC[C@@]3(O)C#Cc3ccccc3F)[C@@H]3OCC4=CC(=O)CCC4=C32)cc1. The number of carbonyl (C=O) groups is 1. The number of nitrogens with zero attached hydrogens (tertiary/aromatic N) is 1. The molecule has 196 valence electrons. The Labute approximate surface area is 224 Å². The van der Waals surface area contributed by atoms with E-state index in [2.05, 4.69) is 47.9 Å². The molecular weight excluding hydrogens is 477 g/mol. The summed E-state index contributed by atoms with van der Waals surface area (Å²) in [6, 6.07) is 15.1. The van der Waals surface area contributed by atoms with Crippen molar-refractivity contribution in [1.29, 1.82) is 0 Å². The molecule has 2 fully saturated rings. The first-order chi connectivity index (χ1) is 18.2. The van der Waals surface area contributed by atoms with Gasteiger partial charge in [-0.1, -0.05) is 43.0 Å². The van der Waals surface area contributed by atoms with E-state index in [9.17, 15) is 14.3 Å². The first kappa shape index (κ1) is 25.1. The number of allylic oxidation sites excluding steroid dienone is 1. The number of ether oxygens (including phenoxy) is 1. The quantitative estimate of drug-likeness (QED) is 0.536. The van der Waals surface area contributed by atoms with Crippen LogP contribution in [0.3, 0.4) is 0 Å². The van der Waals surface area contributed by atoms with Gasteiger partial charge in [-0.2, -0.15) is 0 Å². The Morgan fingerprint density at radius 1 is 1.11 bits per heavy atom. The van der Waals surface area contributed by atoms with Crippen LogP contribution in [-0.4, -0.2) is 43.3 Å². The normalized spacial score (nSPS) is 32.0. The Hall–Kier alpha value is -3.20. The molecule has 2 aromatic rings. The first-order valence-corrected chi connectivity index (χ1v) is 13.6. The fourth-order valence-corrected chi connectivity index (χ4v) is 7.26. The zero-order chi connectivity index (χ0) is 26.7. The molecule has 0 spiro atoms. The lowest BCUT2D eigenvalue weighted by Gasteiger charge is -2.53. The number of benzene rings is 2. The lowest BCUT2D eigenvalue weighted by Crippen LogP contribution is -2.53. The van der Waals surface area contributed by atoms with Gasteiger partial charge in [0.2, 0.25) is 0 Å². The van der Waals surface area contributed by atoms with Crippen molar-refractivity contribution in [3.8, 4) is 11.8 Å². The van der Waals surface area contributed by atoms with E-state index in [4.69, 9.17) is 4.74 Å². The van der Waals surface area contributed by atoms with Crippen molar-refractivity contribution in [2.75, 3.05) is 25.6 Å². The van der Waals surface area contributed by atoms with Crippen molar-refractivity contribution < 1.29 is 19.0 Å². The Balaban J connectivity index is 1.47. The lowest BCUT2D eigenvalue weighted by molar-refractivity contribution is -0.115. The molecule has 38 heavy (non-hydrogen) atoms. The molecule has 2 saturated carbocycles. The highest BCUT2D eigenvalue weighted by Crippen LogP contribution is 2.64. The van der Waals surface area contributed by atoms with Crippen molar-refractivity contribution in [3.63, 3.8) is 0 Å². The molecule has 4 aliphatic rings. The Morgan fingerprint density at radius 2 is 1.87 bits per heavy atom. The molecule has 0 amide bonds. The third-order valence-corrected chi connectivity index (χ3v) is 9.46. The van der Waals surface area contributed by atoms with E-state index in [0.717, 1.165) is 24.1 Å². The van der Waals surface area contributed by atoms with Gasteiger partial charge in [0.05, 0.1) is 18.3 Å². The molecule has 0 bridgehead atoms. The van der Waals surface area contributed by atoms with Crippen molar-refractivity contribution in [3.05, 3.63) is 88.3 Å². The number of fused-ring (bicyclic) bond motifs is 4. The van der Waals surface area contributed by atoms with Crippen LogP contribution < -0.4 is 4.90 Å². The van der Waals surface area contributed by atoms with Crippen LogP contribution in [-0.2, 0) is 9.53 Å². The zero-order valence-corrected chi connectivity index (χ0v) is 22.3. The topological polar surface area (TPSA) is 49.8 Å². The van der Waals surface area contributed by atoms with Crippen LogP contribution in [0.15, 0.2) is 71.3 Å². The Kier molecular flexibility index (Phi) is 6.09. The highest BCUT2D eigenvalue weighted by Gasteiger charge is 2.63. The van der Waals surface area contributed by atoms with Gasteiger partial charge in [0, 0.05) is 37.5 Å². The van der Waals surface area contributed by atoms with Crippen LogP contribution in [0.2, 0.25) is 0 Å². The van der Waals surface area contributed by atoms with E-state index in [-0.39, 0.29) is 29.5 Å². The average Bonchev–Trinajstić information content (AvgIpc) is 3.17. The molecule has 0 unspecified atom stereocenters. The number of rotatable bonds is 2. The maximum Gasteiger partial charge on any atom is 0.156 e. The summed E-state index contributed by atoms with van der Waals surface area (Å²) in [5, 5.41) is 12.1. The highest BCUT2D eigenvalue weighted by atomic mass is 19.1. The predicted octanol–water partition coefficient (Wildman–Crippen LogP) is 5.56. The molecule has 2 aromatic carbocycles. The Bertz CT molecular complexity index is 1410. The molecular formula is C33H34FNO3. The number of carbonyl (C=O) groups excluding carboxylic acids is 1. The Morgan fingerprint density at radius 3 is 2.61 bits per heavy atom. The summed E-state index contributed by atoms with van der Waals surface area (Å²) in [5.41, 5.74) is 4.37. The van der Waals surface area contributed by atoms with Crippen LogP contribution in [0, 0.1) is 29.0 Å². The fraction of sp³-hybridized carbons (Fsp3) is 0.424. The van der Waals surface area contributed by atoms with Gasteiger partial charge in [-0.3, -0.25) is 4.79 Å². The monoisotopic (exact) mass is 511 g/mol. The summed E-state index contributed by atoms with van der Waals surface area (Å²) in [7, 11) is 4.06. The molecule has 1 aliphatic heterocycles. The van der Waals surface area contributed by atoms with E-state index < -0.39 is 11.0 Å². The van der Waals surface area contributed by atoms with Gasteiger partial charge in [-0.15, -0.1) is 0 Å². The lowest BCUT2D eigenvalue weighted by atomic mass is 9.55. The van der Waals surface area contributed by atoms with Gasteiger partial charge in [-0.25, -0.2) is 4.39 Å². The van der Waals surface area contributed by atoms with Crippen LogP contribution in [0.4, 0.5) is 10.1 Å². The summed E-state index contributed by atoms with van der Waals surface area (Å²) < 4.78 is 20.9. The minimum atomic E-state index is -1.26. The highest BCUT2D eigenvalue weighted by molar-refractivity contribution is 5.93. The van der Waals surface area contributed by atoms with Crippen molar-refractivity contribution in [2.45, 2.75) is 56.7 Å². The molecule has 1 heterocycles. The molecule has 5 heteroatoms. The van der Waals surface area contributed by atoms with E-state index >= 15 is 0 Å². The van der Waals surface area contributed by atoms with Crippen LogP contribution in [0.1, 0.15) is 56.1 Å². The maximum atomic E-state index is 14.4. The number of halogens is 1. The summed E-state index contributed by atoms with van der Waals surface area (Å²) >= 11 is 0. The second kappa shape index (κ2) is 9.22. The fourth-order valence-electron chi connectivity index (χ4n) is 7.26. The largest absolute Gasteiger partial charge is 0.378 e.